The van der Waals surface area contributed by atoms with Gasteiger partial charge in [-0.3, -0.25) is 0 Å². The highest BCUT2D eigenvalue weighted by Gasteiger charge is 2.25. The molecule has 0 heterocycles. The molecule has 0 aliphatic rings. The Morgan fingerprint density at radius 1 is 1.12 bits per heavy atom. The van der Waals surface area contributed by atoms with Crippen LogP contribution in [0.25, 0.3) is 0 Å². The van der Waals surface area contributed by atoms with E-state index in [0.717, 1.165) is 0 Å². The maximum atomic E-state index is 5.54. The zero-order valence-electron chi connectivity index (χ0n) is 11.2. The highest BCUT2D eigenvalue weighted by Crippen LogP contribution is 2.12. The summed E-state index contributed by atoms with van der Waals surface area (Å²) in [5, 5.41) is 0. The van der Waals surface area contributed by atoms with Crippen LogP contribution in [0.1, 0.15) is 20.8 Å². The Labute approximate surface area is 105 Å². The van der Waals surface area contributed by atoms with Crippen LogP contribution < -0.4 is 0 Å². The van der Waals surface area contributed by atoms with Gasteiger partial charge in [-0.05, 0) is 20.8 Å². The summed E-state index contributed by atoms with van der Waals surface area (Å²) in [4.78, 5) is 0. The molecule has 3 heteroatoms. The summed E-state index contributed by atoms with van der Waals surface area (Å²) in [5.41, 5.74) is 0.736. The lowest BCUT2D eigenvalue weighted by molar-refractivity contribution is -0.0829. The van der Waals surface area contributed by atoms with Crippen LogP contribution >= 0.6 is 0 Å². The molecule has 0 N–H and O–H groups in total. The van der Waals surface area contributed by atoms with E-state index in [1.807, 2.05) is 26.8 Å². The monoisotopic (exact) mass is 240 g/mol. The molecular formula is C14H24O3. The van der Waals surface area contributed by atoms with Crippen LogP contribution in [0.5, 0.6) is 0 Å². The Hall–Kier alpha value is -1.06. The van der Waals surface area contributed by atoms with Gasteiger partial charge in [-0.15, -0.1) is 6.58 Å². The van der Waals surface area contributed by atoms with Gasteiger partial charge in [0.1, 0.15) is 0 Å². The van der Waals surface area contributed by atoms with Crippen molar-refractivity contribution in [3.8, 4) is 0 Å². The number of hydrogen-bond acceptors (Lipinski definition) is 3. The highest BCUT2D eigenvalue weighted by atomic mass is 16.6. The molecule has 3 nitrogen and oxygen atoms in total. The molecule has 0 aliphatic heterocycles. The van der Waals surface area contributed by atoms with E-state index >= 15 is 0 Å². The molecule has 0 aliphatic carbocycles. The van der Waals surface area contributed by atoms with Gasteiger partial charge in [0.2, 0.25) is 0 Å². The summed E-state index contributed by atoms with van der Waals surface area (Å²) in [6, 6.07) is 0. The van der Waals surface area contributed by atoms with Crippen LogP contribution in [0.15, 0.2) is 37.1 Å². The number of allylic oxidation sites excluding steroid dienone is 1. The lowest BCUT2D eigenvalue weighted by Gasteiger charge is -2.28. The largest absolute Gasteiger partial charge is 0.491 e. The summed E-state index contributed by atoms with van der Waals surface area (Å²) in [6.45, 7) is 15.2. The third kappa shape index (κ3) is 8.72. The van der Waals surface area contributed by atoms with Crippen molar-refractivity contribution in [2.45, 2.75) is 26.4 Å². The van der Waals surface area contributed by atoms with Gasteiger partial charge in [-0.1, -0.05) is 24.3 Å². The van der Waals surface area contributed by atoms with E-state index in [1.54, 1.807) is 6.08 Å². The smallest absolute Gasteiger partial charge is 0.152 e. The Morgan fingerprint density at radius 2 is 1.71 bits per heavy atom. The van der Waals surface area contributed by atoms with E-state index in [9.17, 15) is 0 Å². The molecule has 0 aromatic carbocycles. The third-order valence-electron chi connectivity index (χ3n) is 2.03. The summed E-state index contributed by atoms with van der Waals surface area (Å²) >= 11 is 0. The fourth-order valence-corrected chi connectivity index (χ4v) is 1.17. The predicted octanol–water partition coefficient (Wildman–Crippen LogP) is 3.09. The first-order valence-corrected chi connectivity index (χ1v) is 5.72. The van der Waals surface area contributed by atoms with Crippen LogP contribution in [-0.4, -0.2) is 32.0 Å². The predicted molar refractivity (Wildman–Crippen MR) is 71.0 cm³/mol. The van der Waals surface area contributed by atoms with Gasteiger partial charge in [0.05, 0.1) is 32.7 Å². The minimum Gasteiger partial charge on any atom is -0.491 e. The van der Waals surface area contributed by atoms with Crippen LogP contribution in [0.3, 0.4) is 0 Å². The summed E-state index contributed by atoms with van der Waals surface area (Å²) < 4.78 is 16.4. The molecule has 0 spiro atoms. The van der Waals surface area contributed by atoms with Gasteiger partial charge in [0.25, 0.3) is 0 Å². The fourth-order valence-electron chi connectivity index (χ4n) is 1.17. The first kappa shape index (κ1) is 15.9. The molecule has 0 saturated carbocycles. The first-order valence-electron chi connectivity index (χ1n) is 5.72. The van der Waals surface area contributed by atoms with Crippen molar-refractivity contribution < 1.29 is 14.2 Å². The van der Waals surface area contributed by atoms with Crippen molar-refractivity contribution in [3.63, 3.8) is 0 Å². The second kappa shape index (κ2) is 9.02. The molecule has 0 radical (unpaired) electrons. The molecule has 0 aromatic heterocycles. The van der Waals surface area contributed by atoms with Gasteiger partial charge in [-0.2, -0.15) is 0 Å². The van der Waals surface area contributed by atoms with E-state index < -0.39 is 5.60 Å². The van der Waals surface area contributed by atoms with E-state index in [-0.39, 0.29) is 0 Å². The average Bonchev–Trinajstić information content (AvgIpc) is 2.25. The zero-order chi connectivity index (χ0) is 13.1. The van der Waals surface area contributed by atoms with E-state index in [0.29, 0.717) is 26.4 Å². The lowest BCUT2D eigenvalue weighted by atomic mass is 10.1. The Bertz CT molecular complexity index is 254. The molecule has 1 atom stereocenters. The molecule has 0 fully saturated rings. The molecule has 0 rings (SSSR count). The zero-order valence-corrected chi connectivity index (χ0v) is 11.2. The molecule has 1 unspecified atom stereocenters. The van der Waals surface area contributed by atoms with E-state index in [1.165, 1.54) is 11.8 Å². The van der Waals surface area contributed by atoms with Crippen molar-refractivity contribution in [3.05, 3.63) is 37.1 Å². The van der Waals surface area contributed by atoms with Gasteiger partial charge >= 0.3 is 0 Å². The number of hydrogen-bond donors (Lipinski definition) is 0. The van der Waals surface area contributed by atoms with Crippen LogP contribution in [-0.2, 0) is 14.2 Å². The van der Waals surface area contributed by atoms with Crippen LogP contribution in [0.4, 0.5) is 0 Å². The lowest BCUT2D eigenvalue weighted by Crippen LogP contribution is -2.38. The van der Waals surface area contributed by atoms with E-state index in [2.05, 4.69) is 13.2 Å². The Kier molecular flexibility index (Phi) is 8.46. The second-order valence-corrected chi connectivity index (χ2v) is 4.33. The SMILES string of the molecule is C=CCOCC(C)(COCC=C(C)C)OC=C. The standard InChI is InChI=1S/C14H24O3/c1-6-9-15-11-14(5,17-7-2)12-16-10-8-13(3)4/h6-8H,1-2,9-12H2,3-5H3. The summed E-state index contributed by atoms with van der Waals surface area (Å²) in [6.07, 6.45) is 5.15. The molecule has 17 heavy (non-hydrogen) atoms. The van der Waals surface area contributed by atoms with Crippen molar-refractivity contribution >= 4 is 0 Å². The van der Waals surface area contributed by atoms with Gasteiger partial charge in [-0.25, -0.2) is 0 Å². The van der Waals surface area contributed by atoms with Gasteiger partial charge < -0.3 is 14.2 Å². The fraction of sp³-hybridized carbons (Fsp3) is 0.571. The normalized spacial score (nSPS) is 13.6. The molecule has 98 valence electrons. The summed E-state index contributed by atoms with van der Waals surface area (Å²) in [5.74, 6) is 0. The van der Waals surface area contributed by atoms with Crippen molar-refractivity contribution in [1.82, 2.24) is 0 Å². The molecule has 0 bridgehead atoms. The third-order valence-corrected chi connectivity index (χ3v) is 2.03. The van der Waals surface area contributed by atoms with Gasteiger partial charge in [0.15, 0.2) is 5.60 Å². The van der Waals surface area contributed by atoms with Gasteiger partial charge in [0, 0.05) is 0 Å². The molecular weight excluding hydrogens is 216 g/mol. The highest BCUT2D eigenvalue weighted by molar-refractivity contribution is 4.93. The topological polar surface area (TPSA) is 27.7 Å². The average molecular weight is 240 g/mol. The quantitative estimate of drug-likeness (QED) is 0.333. The van der Waals surface area contributed by atoms with Crippen molar-refractivity contribution in [1.29, 1.82) is 0 Å². The number of rotatable bonds is 10. The Morgan fingerprint density at radius 3 is 2.18 bits per heavy atom. The summed E-state index contributed by atoms with van der Waals surface area (Å²) in [7, 11) is 0. The Balaban J connectivity index is 4.05. The van der Waals surface area contributed by atoms with E-state index in [4.69, 9.17) is 14.2 Å². The van der Waals surface area contributed by atoms with Crippen molar-refractivity contribution in [2.24, 2.45) is 0 Å². The molecule has 0 aromatic rings. The minimum atomic E-state index is -0.500. The minimum absolute atomic E-state index is 0.444. The molecule has 0 amide bonds. The maximum Gasteiger partial charge on any atom is 0.152 e. The van der Waals surface area contributed by atoms with Crippen LogP contribution in [0.2, 0.25) is 0 Å². The molecule has 0 saturated heterocycles. The first-order chi connectivity index (χ1) is 8.04. The van der Waals surface area contributed by atoms with Crippen LogP contribution in [0, 0.1) is 0 Å². The number of ether oxygens (including phenoxy) is 3. The maximum absolute atomic E-state index is 5.54. The second-order valence-electron chi connectivity index (χ2n) is 4.33. The van der Waals surface area contributed by atoms with Crippen molar-refractivity contribution in [2.75, 3.05) is 26.4 Å².